The monoisotopic (exact) mass is 225 g/mol. The number of primary amides is 1. The van der Waals surface area contributed by atoms with Crippen molar-refractivity contribution in [1.29, 1.82) is 0 Å². The van der Waals surface area contributed by atoms with Crippen molar-refractivity contribution in [1.82, 2.24) is 9.44 Å². The fraction of sp³-hybridized carbons (Fsp3) is 0.833. The molecule has 1 atom stereocenters. The molecule has 1 amide bonds. The van der Waals surface area contributed by atoms with Gasteiger partial charge in [-0.25, -0.2) is 4.72 Å². The van der Waals surface area contributed by atoms with Crippen molar-refractivity contribution in [3.05, 3.63) is 0 Å². The molecule has 0 aromatic rings. The van der Waals surface area contributed by atoms with Crippen LogP contribution >= 0.6 is 0 Å². The highest BCUT2D eigenvalue weighted by atomic mass is 32.2. The van der Waals surface area contributed by atoms with Crippen LogP contribution in [0.1, 0.15) is 13.3 Å². The molecule has 0 aliphatic rings. The Morgan fingerprint density at radius 2 is 2.07 bits per heavy atom. The van der Waals surface area contributed by atoms with Crippen LogP contribution in [0.4, 0.5) is 0 Å². The number of carbonyl (C=O) groups is 1. The van der Waals surface area contributed by atoms with Crippen LogP contribution in [0.15, 0.2) is 0 Å². The molecule has 0 radical (unpaired) electrons. The Labute approximate surface area is 82.9 Å². The van der Waals surface area contributed by atoms with Gasteiger partial charge in [-0.15, -0.1) is 0 Å². The zero-order chi connectivity index (χ0) is 11.2. The molecule has 0 heterocycles. The number of carbonyl (C=O) groups excluding carboxylic acids is 1. The largest absolute Gasteiger partial charge is 0.382 e. The Bertz CT molecular complexity index is 277. The molecule has 0 aliphatic carbocycles. The summed E-state index contributed by atoms with van der Waals surface area (Å²) in [7, 11) is -3.64. The molecule has 8 heteroatoms. The lowest BCUT2D eigenvalue weighted by Gasteiger charge is -2.09. The summed E-state index contributed by atoms with van der Waals surface area (Å²) in [6.07, 6.45) is -0.854. The SMILES string of the molecule is CCCNS(=O)(=O)NCC(O)C(N)=O. The first-order valence-electron chi connectivity index (χ1n) is 4.10. The van der Waals surface area contributed by atoms with Gasteiger partial charge in [-0.05, 0) is 6.42 Å². The first-order chi connectivity index (χ1) is 6.39. The van der Waals surface area contributed by atoms with Gasteiger partial charge >= 0.3 is 0 Å². The Hall–Kier alpha value is -0.700. The topological polar surface area (TPSA) is 122 Å². The highest BCUT2D eigenvalue weighted by Crippen LogP contribution is 1.82. The summed E-state index contributed by atoms with van der Waals surface area (Å²) in [6.45, 7) is 1.68. The summed E-state index contributed by atoms with van der Waals surface area (Å²) < 4.78 is 26.2. The maximum Gasteiger partial charge on any atom is 0.277 e. The second-order valence-corrected chi connectivity index (χ2v) is 4.25. The average molecular weight is 225 g/mol. The van der Waals surface area contributed by atoms with E-state index >= 15 is 0 Å². The predicted molar refractivity (Wildman–Crippen MR) is 50.4 cm³/mol. The maximum atomic E-state index is 11.0. The zero-order valence-corrected chi connectivity index (χ0v) is 8.67. The number of nitrogens with two attached hydrogens (primary N) is 1. The van der Waals surface area contributed by atoms with Crippen LogP contribution in [0.5, 0.6) is 0 Å². The number of aliphatic hydroxyl groups is 1. The van der Waals surface area contributed by atoms with E-state index in [1.54, 1.807) is 6.92 Å². The molecule has 84 valence electrons. The van der Waals surface area contributed by atoms with Gasteiger partial charge in [-0.1, -0.05) is 6.92 Å². The number of aliphatic hydroxyl groups excluding tert-OH is 1. The molecule has 0 aromatic carbocycles. The van der Waals surface area contributed by atoms with Gasteiger partial charge < -0.3 is 10.8 Å². The average Bonchev–Trinajstić information content (AvgIpc) is 2.11. The van der Waals surface area contributed by atoms with Crippen molar-refractivity contribution in [3.63, 3.8) is 0 Å². The van der Waals surface area contributed by atoms with Crippen molar-refractivity contribution < 1.29 is 18.3 Å². The van der Waals surface area contributed by atoms with Crippen LogP contribution < -0.4 is 15.2 Å². The first kappa shape index (κ1) is 13.3. The van der Waals surface area contributed by atoms with E-state index in [2.05, 4.69) is 4.72 Å². The van der Waals surface area contributed by atoms with Gasteiger partial charge in [0.1, 0.15) is 6.10 Å². The molecule has 0 spiro atoms. The number of nitrogens with one attached hydrogen (secondary N) is 2. The minimum atomic E-state index is -3.64. The minimum Gasteiger partial charge on any atom is -0.382 e. The third-order valence-electron chi connectivity index (χ3n) is 1.34. The van der Waals surface area contributed by atoms with Gasteiger partial charge in [0.2, 0.25) is 5.91 Å². The summed E-state index contributed by atoms with van der Waals surface area (Å²) in [5.41, 5.74) is 4.72. The van der Waals surface area contributed by atoms with Crippen molar-refractivity contribution in [2.24, 2.45) is 5.73 Å². The molecule has 7 nitrogen and oxygen atoms in total. The van der Waals surface area contributed by atoms with E-state index in [-0.39, 0.29) is 0 Å². The van der Waals surface area contributed by atoms with Crippen LogP contribution in [-0.4, -0.2) is 38.6 Å². The lowest BCUT2D eigenvalue weighted by Crippen LogP contribution is -2.44. The van der Waals surface area contributed by atoms with E-state index < -0.39 is 28.8 Å². The molecular formula is C6H15N3O4S. The minimum absolute atomic E-state index is 0.294. The number of amides is 1. The molecule has 0 fully saturated rings. The number of hydrogen-bond acceptors (Lipinski definition) is 4. The zero-order valence-electron chi connectivity index (χ0n) is 7.86. The highest BCUT2D eigenvalue weighted by Gasteiger charge is 2.15. The van der Waals surface area contributed by atoms with Crippen LogP contribution in [0.3, 0.4) is 0 Å². The molecule has 0 bridgehead atoms. The summed E-state index contributed by atoms with van der Waals surface area (Å²) in [4.78, 5) is 10.3. The summed E-state index contributed by atoms with van der Waals surface area (Å²) in [5.74, 6) is -0.969. The molecule has 0 saturated carbocycles. The molecule has 5 N–H and O–H groups in total. The molecular weight excluding hydrogens is 210 g/mol. The van der Waals surface area contributed by atoms with Crippen LogP contribution in [0.25, 0.3) is 0 Å². The van der Waals surface area contributed by atoms with Crippen molar-refractivity contribution >= 4 is 16.1 Å². The van der Waals surface area contributed by atoms with Crippen LogP contribution in [-0.2, 0) is 15.0 Å². The van der Waals surface area contributed by atoms with E-state index in [1.807, 2.05) is 4.72 Å². The van der Waals surface area contributed by atoms with Gasteiger partial charge in [0, 0.05) is 13.1 Å². The third kappa shape index (κ3) is 5.86. The van der Waals surface area contributed by atoms with Crippen molar-refractivity contribution in [2.45, 2.75) is 19.4 Å². The van der Waals surface area contributed by atoms with Gasteiger partial charge in [0.15, 0.2) is 0 Å². The second kappa shape index (κ2) is 5.91. The smallest absolute Gasteiger partial charge is 0.277 e. The van der Waals surface area contributed by atoms with E-state index in [0.717, 1.165) is 0 Å². The third-order valence-corrected chi connectivity index (χ3v) is 2.47. The fourth-order valence-electron chi connectivity index (χ4n) is 0.577. The van der Waals surface area contributed by atoms with Gasteiger partial charge in [0.05, 0.1) is 0 Å². The predicted octanol–water partition coefficient (Wildman–Crippen LogP) is -2.33. The second-order valence-electron chi connectivity index (χ2n) is 2.66. The fourth-order valence-corrected chi connectivity index (χ4v) is 1.53. The van der Waals surface area contributed by atoms with E-state index in [0.29, 0.717) is 13.0 Å². The summed E-state index contributed by atoms with van der Waals surface area (Å²) in [5, 5.41) is 8.89. The number of rotatable bonds is 7. The van der Waals surface area contributed by atoms with Crippen LogP contribution in [0, 0.1) is 0 Å². The molecule has 0 rings (SSSR count). The molecule has 1 unspecified atom stereocenters. The van der Waals surface area contributed by atoms with E-state index in [1.165, 1.54) is 0 Å². The van der Waals surface area contributed by atoms with Gasteiger partial charge in [-0.3, -0.25) is 4.79 Å². The van der Waals surface area contributed by atoms with Gasteiger partial charge in [0.25, 0.3) is 10.2 Å². The molecule has 0 aliphatic heterocycles. The molecule has 14 heavy (non-hydrogen) atoms. The molecule has 0 aromatic heterocycles. The van der Waals surface area contributed by atoms with Gasteiger partial charge in [-0.2, -0.15) is 13.1 Å². The first-order valence-corrected chi connectivity index (χ1v) is 5.59. The maximum absolute atomic E-state index is 11.0. The number of hydrogen-bond donors (Lipinski definition) is 4. The normalized spacial score (nSPS) is 13.9. The van der Waals surface area contributed by atoms with E-state index in [9.17, 15) is 13.2 Å². The van der Waals surface area contributed by atoms with E-state index in [4.69, 9.17) is 10.8 Å². The van der Waals surface area contributed by atoms with Crippen molar-refractivity contribution in [2.75, 3.05) is 13.1 Å². The lowest BCUT2D eigenvalue weighted by molar-refractivity contribution is -0.125. The Morgan fingerprint density at radius 3 is 2.50 bits per heavy atom. The quantitative estimate of drug-likeness (QED) is 0.388. The Balaban J connectivity index is 3.93. The van der Waals surface area contributed by atoms with Crippen molar-refractivity contribution in [3.8, 4) is 0 Å². The molecule has 0 saturated heterocycles. The lowest BCUT2D eigenvalue weighted by atomic mass is 10.3. The summed E-state index contributed by atoms with van der Waals surface area (Å²) in [6, 6.07) is 0. The summed E-state index contributed by atoms with van der Waals surface area (Å²) >= 11 is 0. The van der Waals surface area contributed by atoms with Crippen LogP contribution in [0.2, 0.25) is 0 Å². The Kier molecular flexibility index (Phi) is 5.62. The Morgan fingerprint density at radius 1 is 1.50 bits per heavy atom. The standard InChI is InChI=1S/C6H15N3O4S/c1-2-3-8-14(12,13)9-4-5(10)6(7)11/h5,8-10H,2-4H2,1H3,(H2,7,11). The highest BCUT2D eigenvalue weighted by molar-refractivity contribution is 7.87.